The van der Waals surface area contributed by atoms with Gasteiger partial charge in [0.2, 0.25) is 11.6 Å². The van der Waals surface area contributed by atoms with Crippen molar-refractivity contribution in [2.24, 2.45) is 17.6 Å². The van der Waals surface area contributed by atoms with E-state index < -0.39 is 53.9 Å². The van der Waals surface area contributed by atoms with Crippen LogP contribution in [0.5, 0.6) is 0 Å². The standard InChI is InChI=1S/C29H40N2O9/c1-15-11-19-25(34)20(14-21(32)27(19)39-7)31-28(35)16(2)9-8-10-22(37-5)26(40-29(30)36)18(4)13-17(3)24(33)23(12-15)38-6/h8-10,13-15,17,22-24,26,33H,11-12H2,1-7H3,(H2,30,36)(H,31,35)/t15-,17-,22+,23-,24?,26-/m1/s1. The lowest BCUT2D eigenvalue weighted by Crippen LogP contribution is -2.37. The van der Waals surface area contributed by atoms with E-state index in [1.54, 1.807) is 32.1 Å². The Balaban J connectivity index is 2.60. The number of aliphatic hydroxyl groups excluding tert-OH is 1. The summed E-state index contributed by atoms with van der Waals surface area (Å²) in [6.45, 7) is 6.92. The molecule has 0 aromatic carbocycles. The van der Waals surface area contributed by atoms with E-state index >= 15 is 0 Å². The number of ether oxygens (including phenoxy) is 4. The van der Waals surface area contributed by atoms with Crippen LogP contribution in [0.2, 0.25) is 0 Å². The van der Waals surface area contributed by atoms with Gasteiger partial charge >= 0.3 is 6.09 Å². The van der Waals surface area contributed by atoms with Crippen LogP contribution in [0.3, 0.4) is 0 Å². The highest BCUT2D eigenvalue weighted by molar-refractivity contribution is 6.23. The van der Waals surface area contributed by atoms with Gasteiger partial charge in [0.05, 0.1) is 25.0 Å². The zero-order valence-electron chi connectivity index (χ0n) is 24.1. The van der Waals surface area contributed by atoms with Crippen LogP contribution in [-0.2, 0) is 33.3 Å². The lowest BCUT2D eigenvalue weighted by atomic mass is 9.85. The molecule has 0 fully saturated rings. The lowest BCUT2D eigenvalue weighted by molar-refractivity contribution is -0.120. The van der Waals surface area contributed by atoms with E-state index in [1.165, 1.54) is 34.3 Å². The Labute approximate surface area is 234 Å². The minimum Gasteiger partial charge on any atom is -0.492 e. The summed E-state index contributed by atoms with van der Waals surface area (Å²) in [6.07, 6.45) is 3.61. The van der Waals surface area contributed by atoms with Gasteiger partial charge in [0.1, 0.15) is 6.10 Å². The third-order valence-corrected chi connectivity index (χ3v) is 6.95. The van der Waals surface area contributed by atoms with Gasteiger partial charge in [0.15, 0.2) is 11.9 Å². The Morgan fingerprint density at radius 2 is 1.77 bits per heavy atom. The molecule has 1 unspecified atom stereocenters. The fraction of sp³-hybridized carbons (Fsp3) is 0.517. The van der Waals surface area contributed by atoms with Gasteiger partial charge in [-0.05, 0) is 38.2 Å². The van der Waals surface area contributed by atoms with Crippen molar-refractivity contribution in [2.75, 3.05) is 21.3 Å². The fourth-order valence-electron chi connectivity index (χ4n) is 4.78. The van der Waals surface area contributed by atoms with E-state index in [9.17, 15) is 24.3 Å². The smallest absolute Gasteiger partial charge is 0.405 e. The maximum Gasteiger partial charge on any atom is 0.405 e. The van der Waals surface area contributed by atoms with Crippen LogP contribution >= 0.6 is 0 Å². The predicted molar refractivity (Wildman–Crippen MR) is 147 cm³/mol. The number of nitrogens with two attached hydrogens (primary N) is 1. The highest BCUT2D eigenvalue weighted by atomic mass is 16.6. The third-order valence-electron chi connectivity index (χ3n) is 6.95. The van der Waals surface area contributed by atoms with Crippen LogP contribution in [0.4, 0.5) is 4.79 Å². The molecule has 0 aromatic heterocycles. The second kappa shape index (κ2) is 14.7. The summed E-state index contributed by atoms with van der Waals surface area (Å²) in [6, 6.07) is 0. The SMILES string of the molecule is COC1=C2C[C@@H](C)C[C@@H](OC)C(O)[C@H](C)C=C(C)[C@@H](OC(N)=O)[C@@H](OC)C=CC=C(C)C(=O)NC(=CC1=O)C2=O. The molecule has 11 nitrogen and oxygen atoms in total. The molecule has 4 N–H and O–H groups in total. The highest BCUT2D eigenvalue weighted by Gasteiger charge is 2.34. The summed E-state index contributed by atoms with van der Waals surface area (Å²) in [4.78, 5) is 50.6. The molecule has 1 heterocycles. The van der Waals surface area contributed by atoms with Crippen LogP contribution in [0.1, 0.15) is 40.5 Å². The van der Waals surface area contributed by atoms with Gasteiger partial charge in [-0.1, -0.05) is 38.2 Å². The number of allylic oxidation sites excluding steroid dienone is 4. The molecule has 2 rings (SSSR count). The number of fused-ring (bicyclic) bond motifs is 2. The third kappa shape index (κ3) is 8.23. The van der Waals surface area contributed by atoms with E-state index in [0.29, 0.717) is 12.0 Å². The topological polar surface area (TPSA) is 163 Å². The van der Waals surface area contributed by atoms with E-state index in [0.717, 1.165) is 6.08 Å². The van der Waals surface area contributed by atoms with Crippen LogP contribution in [0, 0.1) is 11.8 Å². The van der Waals surface area contributed by atoms with Crippen molar-refractivity contribution in [3.8, 4) is 0 Å². The Bertz CT molecular complexity index is 1150. The molecule has 0 aromatic rings. The normalized spacial score (nSPS) is 29.3. The molecule has 1 aliphatic heterocycles. The van der Waals surface area contributed by atoms with Crippen molar-refractivity contribution in [2.45, 2.75) is 65.0 Å². The van der Waals surface area contributed by atoms with Gasteiger partial charge in [-0.25, -0.2) is 4.79 Å². The number of nitrogens with one attached hydrogen (secondary N) is 1. The maximum absolute atomic E-state index is 13.3. The fourth-order valence-corrected chi connectivity index (χ4v) is 4.78. The number of aliphatic hydroxyl groups is 1. The Morgan fingerprint density at radius 3 is 2.35 bits per heavy atom. The van der Waals surface area contributed by atoms with Crippen LogP contribution in [-0.4, -0.2) is 74.4 Å². The summed E-state index contributed by atoms with van der Waals surface area (Å²) in [5.74, 6) is -2.39. The number of carbonyl (C=O) groups excluding carboxylic acids is 4. The van der Waals surface area contributed by atoms with E-state index in [-0.39, 0.29) is 34.9 Å². The quantitative estimate of drug-likeness (QED) is 0.346. The van der Waals surface area contributed by atoms with Gasteiger partial charge in [-0.3, -0.25) is 14.4 Å². The van der Waals surface area contributed by atoms with Gasteiger partial charge in [-0.15, -0.1) is 0 Å². The first-order valence-corrected chi connectivity index (χ1v) is 13.0. The summed E-state index contributed by atoms with van der Waals surface area (Å²) in [7, 11) is 4.21. The summed E-state index contributed by atoms with van der Waals surface area (Å²) < 4.78 is 21.7. The molecular formula is C29H40N2O9. The Kier molecular flexibility index (Phi) is 12.0. The number of ketones is 2. The molecule has 0 spiro atoms. The van der Waals surface area contributed by atoms with Gasteiger partial charge in [-0.2, -0.15) is 0 Å². The number of Topliss-reactive ketones (excluding diaryl/α,β-unsaturated/α-hetero) is 1. The van der Waals surface area contributed by atoms with Crippen LogP contribution < -0.4 is 11.1 Å². The van der Waals surface area contributed by atoms with Gasteiger partial charge in [0.25, 0.3) is 5.91 Å². The first-order valence-electron chi connectivity index (χ1n) is 13.0. The molecule has 11 heteroatoms. The largest absolute Gasteiger partial charge is 0.492 e. The van der Waals surface area contributed by atoms with Crippen molar-refractivity contribution in [1.82, 2.24) is 5.32 Å². The summed E-state index contributed by atoms with van der Waals surface area (Å²) in [5.41, 5.74) is 6.12. The lowest BCUT2D eigenvalue weighted by Gasteiger charge is -2.29. The molecule has 40 heavy (non-hydrogen) atoms. The van der Waals surface area contributed by atoms with Crippen molar-refractivity contribution >= 4 is 23.6 Å². The molecule has 220 valence electrons. The molecule has 0 saturated carbocycles. The predicted octanol–water partition coefficient (Wildman–Crippen LogP) is 2.41. The minimum atomic E-state index is -1.00. The minimum absolute atomic E-state index is 0.0801. The molecule has 0 saturated heterocycles. The van der Waals surface area contributed by atoms with Crippen molar-refractivity contribution in [1.29, 1.82) is 0 Å². The van der Waals surface area contributed by atoms with Gasteiger partial charge in [0, 0.05) is 37.4 Å². The molecule has 0 radical (unpaired) electrons. The second-order valence-corrected chi connectivity index (χ2v) is 10.1. The average Bonchev–Trinajstić information content (AvgIpc) is 2.90. The molecule has 6 atom stereocenters. The average molecular weight is 561 g/mol. The Hall–Kier alpha value is -3.54. The monoisotopic (exact) mass is 560 g/mol. The zero-order valence-corrected chi connectivity index (χ0v) is 24.1. The number of amides is 2. The first-order chi connectivity index (χ1) is 18.8. The highest BCUT2D eigenvalue weighted by Crippen LogP contribution is 2.29. The molecule has 2 bridgehead atoms. The van der Waals surface area contributed by atoms with Gasteiger partial charge < -0.3 is 35.1 Å². The number of hydrogen-bond acceptors (Lipinski definition) is 9. The number of hydrogen-bond donors (Lipinski definition) is 3. The molecule has 2 amide bonds. The number of primary amides is 1. The van der Waals surface area contributed by atoms with E-state index in [1.807, 2.05) is 6.92 Å². The van der Waals surface area contributed by atoms with Crippen LogP contribution in [0.15, 0.2) is 58.6 Å². The van der Waals surface area contributed by atoms with Crippen LogP contribution in [0.25, 0.3) is 0 Å². The van der Waals surface area contributed by atoms with E-state index in [4.69, 9.17) is 24.7 Å². The van der Waals surface area contributed by atoms with E-state index in [2.05, 4.69) is 5.32 Å². The number of methoxy groups -OCH3 is 3. The zero-order chi connectivity index (χ0) is 30.1. The number of carbonyl (C=O) groups is 4. The van der Waals surface area contributed by atoms with Crippen molar-refractivity contribution in [3.63, 3.8) is 0 Å². The Morgan fingerprint density at radius 1 is 1.10 bits per heavy atom. The summed E-state index contributed by atoms with van der Waals surface area (Å²) in [5, 5.41) is 13.7. The van der Waals surface area contributed by atoms with Crippen molar-refractivity contribution in [3.05, 3.63) is 58.6 Å². The molecular weight excluding hydrogens is 520 g/mol. The second-order valence-electron chi connectivity index (χ2n) is 10.1. The molecule has 2 aliphatic rings. The van der Waals surface area contributed by atoms with Crippen molar-refractivity contribution < 1.29 is 43.2 Å². The number of rotatable bonds is 4. The summed E-state index contributed by atoms with van der Waals surface area (Å²) >= 11 is 0. The maximum atomic E-state index is 13.3. The first kappa shape index (κ1) is 32.7. The molecule has 1 aliphatic carbocycles.